The Morgan fingerprint density at radius 1 is 1.17 bits per heavy atom. The standard InChI is InChI=1S/C27H38ClFN4O2/c1-4-31(5-2)13-12-30-17-23-16-24(28)8-11-26(23)35-20-27(34)33-15-14-32(21(3)18-33)19-22-6-9-25(29)10-7-22/h6-11,16,21,30H,4-5,12-15,17-20H2,1-3H3/t21-/m0/s1. The van der Waals surface area contributed by atoms with E-state index < -0.39 is 0 Å². The van der Waals surface area contributed by atoms with Crippen molar-refractivity contribution >= 4 is 17.5 Å². The van der Waals surface area contributed by atoms with Gasteiger partial charge in [-0.05, 0) is 55.9 Å². The van der Waals surface area contributed by atoms with Crippen LogP contribution in [0.1, 0.15) is 31.9 Å². The zero-order chi connectivity index (χ0) is 25.2. The molecule has 2 aromatic rings. The van der Waals surface area contributed by atoms with Gasteiger partial charge in [0.2, 0.25) is 0 Å². The maximum atomic E-state index is 13.2. The summed E-state index contributed by atoms with van der Waals surface area (Å²) < 4.78 is 19.1. The maximum absolute atomic E-state index is 13.2. The Morgan fingerprint density at radius 2 is 1.91 bits per heavy atom. The number of nitrogens with one attached hydrogen (secondary N) is 1. The van der Waals surface area contributed by atoms with Crippen LogP contribution in [0.25, 0.3) is 0 Å². The molecule has 1 atom stereocenters. The lowest BCUT2D eigenvalue weighted by Crippen LogP contribution is -2.54. The lowest BCUT2D eigenvalue weighted by atomic mass is 10.1. The summed E-state index contributed by atoms with van der Waals surface area (Å²) in [7, 11) is 0. The molecule has 1 aliphatic rings. The van der Waals surface area contributed by atoms with Crippen molar-refractivity contribution in [1.29, 1.82) is 0 Å². The largest absolute Gasteiger partial charge is 0.483 e. The predicted octanol–water partition coefficient (Wildman–Crippen LogP) is 4.02. The van der Waals surface area contributed by atoms with Gasteiger partial charge in [0, 0.05) is 62.4 Å². The molecule has 1 fully saturated rings. The Kier molecular flexibility index (Phi) is 10.8. The highest BCUT2D eigenvalue weighted by atomic mass is 35.5. The zero-order valence-electron chi connectivity index (χ0n) is 21.1. The highest BCUT2D eigenvalue weighted by Gasteiger charge is 2.27. The van der Waals surface area contributed by atoms with Crippen molar-refractivity contribution in [1.82, 2.24) is 20.0 Å². The number of piperazine rings is 1. The van der Waals surface area contributed by atoms with Crippen molar-refractivity contribution in [3.63, 3.8) is 0 Å². The van der Waals surface area contributed by atoms with Crippen molar-refractivity contribution in [2.45, 2.75) is 39.9 Å². The van der Waals surface area contributed by atoms with Gasteiger partial charge in [0.25, 0.3) is 5.91 Å². The van der Waals surface area contributed by atoms with Gasteiger partial charge < -0.3 is 19.9 Å². The van der Waals surface area contributed by atoms with Crippen LogP contribution >= 0.6 is 11.6 Å². The van der Waals surface area contributed by atoms with Gasteiger partial charge in [0.05, 0.1) is 0 Å². The molecule has 1 heterocycles. The van der Waals surface area contributed by atoms with E-state index in [0.717, 1.165) is 50.4 Å². The van der Waals surface area contributed by atoms with Crippen LogP contribution in [0.15, 0.2) is 42.5 Å². The highest BCUT2D eigenvalue weighted by Crippen LogP contribution is 2.23. The van der Waals surface area contributed by atoms with Gasteiger partial charge in [0.1, 0.15) is 11.6 Å². The predicted molar refractivity (Wildman–Crippen MR) is 139 cm³/mol. The molecule has 0 saturated carbocycles. The molecule has 1 saturated heterocycles. The minimum atomic E-state index is -0.225. The Morgan fingerprint density at radius 3 is 2.60 bits per heavy atom. The number of halogens is 2. The molecular weight excluding hydrogens is 467 g/mol. The fourth-order valence-electron chi connectivity index (χ4n) is 4.34. The molecule has 192 valence electrons. The molecule has 0 radical (unpaired) electrons. The molecule has 0 unspecified atom stereocenters. The first-order valence-corrected chi connectivity index (χ1v) is 12.9. The van der Waals surface area contributed by atoms with Gasteiger partial charge in [-0.15, -0.1) is 0 Å². The maximum Gasteiger partial charge on any atom is 0.260 e. The normalized spacial score (nSPS) is 16.6. The summed E-state index contributed by atoms with van der Waals surface area (Å²) in [6.07, 6.45) is 0. The van der Waals surface area contributed by atoms with E-state index >= 15 is 0 Å². The summed E-state index contributed by atoms with van der Waals surface area (Å²) in [5, 5.41) is 4.10. The Labute approximate surface area is 214 Å². The summed E-state index contributed by atoms with van der Waals surface area (Å²) in [6, 6.07) is 12.3. The van der Waals surface area contributed by atoms with Gasteiger partial charge >= 0.3 is 0 Å². The Balaban J connectivity index is 1.48. The summed E-state index contributed by atoms with van der Waals surface area (Å²) in [6.45, 7) is 13.8. The first-order valence-electron chi connectivity index (χ1n) is 12.5. The zero-order valence-corrected chi connectivity index (χ0v) is 21.9. The molecule has 0 bridgehead atoms. The van der Waals surface area contributed by atoms with Gasteiger partial charge in [-0.3, -0.25) is 9.69 Å². The summed E-state index contributed by atoms with van der Waals surface area (Å²) in [5.41, 5.74) is 2.02. The van der Waals surface area contributed by atoms with Crippen molar-refractivity contribution < 1.29 is 13.9 Å². The molecule has 1 aliphatic heterocycles. The average molecular weight is 505 g/mol. The van der Waals surface area contributed by atoms with Crippen LogP contribution in [0, 0.1) is 5.82 Å². The van der Waals surface area contributed by atoms with Crippen LogP contribution in [0.2, 0.25) is 5.02 Å². The van der Waals surface area contributed by atoms with Crippen LogP contribution in [-0.2, 0) is 17.9 Å². The van der Waals surface area contributed by atoms with E-state index in [1.54, 1.807) is 6.07 Å². The summed E-state index contributed by atoms with van der Waals surface area (Å²) in [4.78, 5) is 19.4. The number of carbonyl (C=O) groups is 1. The first kappa shape index (κ1) is 27.4. The third-order valence-electron chi connectivity index (χ3n) is 6.61. The number of ether oxygens (including phenoxy) is 1. The Hall–Kier alpha value is -2.19. The number of rotatable bonds is 12. The fourth-order valence-corrected chi connectivity index (χ4v) is 4.53. The second-order valence-electron chi connectivity index (χ2n) is 9.03. The minimum Gasteiger partial charge on any atom is -0.483 e. The van der Waals surface area contributed by atoms with Gasteiger partial charge in [-0.2, -0.15) is 0 Å². The Bertz CT molecular complexity index is 939. The first-order chi connectivity index (χ1) is 16.9. The van der Waals surface area contributed by atoms with E-state index in [1.807, 2.05) is 29.2 Å². The van der Waals surface area contributed by atoms with E-state index in [2.05, 4.69) is 35.9 Å². The smallest absolute Gasteiger partial charge is 0.260 e. The summed E-state index contributed by atoms with van der Waals surface area (Å²) in [5.74, 6) is 0.436. The molecular formula is C27H38ClFN4O2. The van der Waals surface area contributed by atoms with Gasteiger partial charge in [0.15, 0.2) is 6.61 Å². The quantitative estimate of drug-likeness (QED) is 0.442. The fraction of sp³-hybridized carbons (Fsp3) is 0.519. The number of nitrogens with zero attached hydrogens (tertiary/aromatic N) is 3. The van der Waals surface area contributed by atoms with Crippen molar-refractivity contribution in [2.24, 2.45) is 0 Å². The molecule has 6 nitrogen and oxygen atoms in total. The monoisotopic (exact) mass is 504 g/mol. The van der Waals surface area contributed by atoms with E-state index in [4.69, 9.17) is 16.3 Å². The van der Waals surface area contributed by atoms with E-state index in [9.17, 15) is 9.18 Å². The van der Waals surface area contributed by atoms with Crippen molar-refractivity contribution in [3.05, 3.63) is 64.4 Å². The number of carbonyl (C=O) groups excluding carboxylic acids is 1. The topological polar surface area (TPSA) is 48.1 Å². The third kappa shape index (κ3) is 8.46. The van der Waals surface area contributed by atoms with Crippen LogP contribution < -0.4 is 10.1 Å². The molecule has 0 aliphatic carbocycles. The molecule has 35 heavy (non-hydrogen) atoms. The van der Waals surface area contributed by atoms with Crippen molar-refractivity contribution in [3.8, 4) is 5.75 Å². The summed E-state index contributed by atoms with van der Waals surface area (Å²) >= 11 is 6.21. The molecule has 3 rings (SSSR count). The van der Waals surface area contributed by atoms with Crippen molar-refractivity contribution in [2.75, 3.05) is 52.4 Å². The molecule has 1 N–H and O–H groups in total. The molecule has 1 amide bonds. The molecule has 0 spiro atoms. The van der Waals surface area contributed by atoms with Gasteiger partial charge in [-0.25, -0.2) is 4.39 Å². The molecule has 8 heteroatoms. The van der Waals surface area contributed by atoms with Crippen LogP contribution in [0.5, 0.6) is 5.75 Å². The lowest BCUT2D eigenvalue weighted by Gasteiger charge is -2.39. The number of amides is 1. The number of benzene rings is 2. The van der Waals surface area contributed by atoms with Crippen LogP contribution in [0.3, 0.4) is 0 Å². The van der Waals surface area contributed by atoms with E-state index in [1.165, 1.54) is 12.1 Å². The molecule has 2 aromatic carbocycles. The van der Waals surface area contributed by atoms with E-state index in [0.29, 0.717) is 30.4 Å². The number of hydrogen-bond acceptors (Lipinski definition) is 5. The second kappa shape index (κ2) is 13.8. The average Bonchev–Trinajstić information content (AvgIpc) is 2.86. The van der Waals surface area contributed by atoms with Crippen LogP contribution in [0.4, 0.5) is 4.39 Å². The minimum absolute atomic E-state index is 0.00123. The van der Waals surface area contributed by atoms with Gasteiger partial charge in [-0.1, -0.05) is 37.6 Å². The SMILES string of the molecule is CCN(CC)CCNCc1cc(Cl)ccc1OCC(=O)N1CCN(Cc2ccc(F)cc2)[C@@H](C)C1. The van der Waals surface area contributed by atoms with Crippen LogP contribution in [-0.4, -0.2) is 79.1 Å². The van der Waals surface area contributed by atoms with E-state index in [-0.39, 0.29) is 24.4 Å². The molecule has 0 aromatic heterocycles. The lowest BCUT2D eigenvalue weighted by molar-refractivity contribution is -0.136. The number of likely N-dealkylation sites (N-methyl/N-ethyl adjacent to an activating group) is 1. The second-order valence-corrected chi connectivity index (χ2v) is 9.47. The number of hydrogen-bond donors (Lipinski definition) is 1. The highest BCUT2D eigenvalue weighted by molar-refractivity contribution is 6.30. The third-order valence-corrected chi connectivity index (χ3v) is 6.84.